The molecule has 2 heterocycles. The average molecular weight is 331 g/mol. The van der Waals surface area contributed by atoms with Gasteiger partial charge in [0.15, 0.2) is 0 Å². The fourth-order valence-electron chi connectivity index (χ4n) is 1.96. The van der Waals surface area contributed by atoms with Gasteiger partial charge >= 0.3 is 0 Å². The van der Waals surface area contributed by atoms with Gasteiger partial charge in [-0.1, -0.05) is 28.1 Å². The second-order valence-electron chi connectivity index (χ2n) is 4.41. The zero-order valence-corrected chi connectivity index (χ0v) is 12.3. The SMILES string of the molecule is CC1=NNC(=O)/C1=C\c1ccc(-c2cccc(Br)c2)o1. The normalized spacial score (nSPS) is 16.4. The molecular weight excluding hydrogens is 320 g/mol. The number of halogens is 1. The van der Waals surface area contributed by atoms with Gasteiger partial charge in [-0.05, 0) is 37.3 Å². The molecule has 0 saturated heterocycles. The Labute approximate surface area is 124 Å². The van der Waals surface area contributed by atoms with Crippen molar-refractivity contribution in [1.29, 1.82) is 0 Å². The van der Waals surface area contributed by atoms with Crippen molar-refractivity contribution in [2.24, 2.45) is 5.10 Å². The van der Waals surface area contributed by atoms with Gasteiger partial charge in [0.05, 0.1) is 11.3 Å². The summed E-state index contributed by atoms with van der Waals surface area (Å²) >= 11 is 3.43. The van der Waals surface area contributed by atoms with Gasteiger partial charge in [-0.25, -0.2) is 5.43 Å². The summed E-state index contributed by atoms with van der Waals surface area (Å²) in [6.45, 7) is 1.78. The van der Waals surface area contributed by atoms with E-state index >= 15 is 0 Å². The standard InChI is InChI=1S/C15H11BrN2O2/c1-9-13(15(19)18-17-9)8-12-5-6-14(20-12)10-3-2-4-11(16)7-10/h2-8H,1H3,(H,18,19)/b13-8-. The fourth-order valence-corrected chi connectivity index (χ4v) is 2.36. The first-order valence-electron chi connectivity index (χ1n) is 6.06. The van der Waals surface area contributed by atoms with E-state index in [1.165, 1.54) is 0 Å². The number of nitrogens with one attached hydrogen (secondary N) is 1. The Morgan fingerprint density at radius 3 is 2.85 bits per heavy atom. The van der Waals surface area contributed by atoms with Crippen molar-refractivity contribution >= 4 is 33.6 Å². The maximum atomic E-state index is 11.6. The van der Waals surface area contributed by atoms with Crippen LogP contribution in [0.1, 0.15) is 12.7 Å². The van der Waals surface area contributed by atoms with Crippen molar-refractivity contribution in [2.45, 2.75) is 6.92 Å². The highest BCUT2D eigenvalue weighted by Crippen LogP contribution is 2.26. The summed E-state index contributed by atoms with van der Waals surface area (Å²) in [5, 5.41) is 3.87. The molecule has 0 fully saturated rings. The van der Waals surface area contributed by atoms with Crippen molar-refractivity contribution in [3.63, 3.8) is 0 Å². The van der Waals surface area contributed by atoms with E-state index in [0.29, 0.717) is 17.0 Å². The van der Waals surface area contributed by atoms with Gasteiger partial charge in [0.25, 0.3) is 5.91 Å². The molecule has 1 aromatic carbocycles. The summed E-state index contributed by atoms with van der Waals surface area (Å²) < 4.78 is 6.74. The Bertz CT molecular complexity index is 744. The molecule has 1 aliphatic rings. The number of carbonyl (C=O) groups is 1. The highest BCUT2D eigenvalue weighted by atomic mass is 79.9. The molecule has 0 unspecified atom stereocenters. The van der Waals surface area contributed by atoms with E-state index in [0.717, 1.165) is 15.8 Å². The molecule has 3 rings (SSSR count). The lowest BCUT2D eigenvalue weighted by atomic mass is 10.1. The second-order valence-corrected chi connectivity index (χ2v) is 5.32. The van der Waals surface area contributed by atoms with Crippen LogP contribution in [0.3, 0.4) is 0 Å². The maximum Gasteiger partial charge on any atom is 0.273 e. The number of amides is 1. The molecule has 1 aromatic heterocycles. The Kier molecular flexibility index (Phi) is 3.28. The molecule has 20 heavy (non-hydrogen) atoms. The van der Waals surface area contributed by atoms with Crippen LogP contribution in [0.2, 0.25) is 0 Å². The van der Waals surface area contributed by atoms with Crippen molar-refractivity contribution in [3.8, 4) is 11.3 Å². The minimum absolute atomic E-state index is 0.206. The van der Waals surface area contributed by atoms with Gasteiger partial charge in [-0.2, -0.15) is 5.10 Å². The number of rotatable bonds is 2. The van der Waals surface area contributed by atoms with Crippen molar-refractivity contribution < 1.29 is 9.21 Å². The molecular formula is C15H11BrN2O2. The van der Waals surface area contributed by atoms with Crippen LogP contribution in [0.5, 0.6) is 0 Å². The quantitative estimate of drug-likeness (QED) is 0.855. The van der Waals surface area contributed by atoms with E-state index in [2.05, 4.69) is 26.5 Å². The number of hydrogen-bond donors (Lipinski definition) is 1. The fraction of sp³-hybridized carbons (Fsp3) is 0.0667. The first-order chi connectivity index (χ1) is 9.63. The van der Waals surface area contributed by atoms with Crippen molar-refractivity contribution in [1.82, 2.24) is 5.43 Å². The summed E-state index contributed by atoms with van der Waals surface area (Å²) in [6.07, 6.45) is 1.70. The summed E-state index contributed by atoms with van der Waals surface area (Å²) in [4.78, 5) is 11.6. The molecule has 1 amide bonds. The highest BCUT2D eigenvalue weighted by Gasteiger charge is 2.19. The molecule has 0 radical (unpaired) electrons. The molecule has 0 saturated carbocycles. The van der Waals surface area contributed by atoms with E-state index in [9.17, 15) is 4.79 Å². The second kappa shape index (κ2) is 5.09. The molecule has 1 N–H and O–H groups in total. The first-order valence-corrected chi connectivity index (χ1v) is 6.85. The van der Waals surface area contributed by atoms with Crippen molar-refractivity contribution in [3.05, 3.63) is 52.2 Å². The van der Waals surface area contributed by atoms with Crippen LogP contribution in [0, 0.1) is 0 Å². The smallest absolute Gasteiger partial charge is 0.273 e. The first kappa shape index (κ1) is 12.9. The van der Waals surface area contributed by atoms with Crippen molar-refractivity contribution in [2.75, 3.05) is 0 Å². The summed E-state index contributed by atoms with van der Waals surface area (Å²) in [6, 6.07) is 11.6. The lowest BCUT2D eigenvalue weighted by Gasteiger charge is -1.97. The molecule has 0 atom stereocenters. The van der Waals surface area contributed by atoms with Crippen LogP contribution < -0.4 is 5.43 Å². The van der Waals surface area contributed by atoms with Crippen LogP contribution in [0.15, 0.2) is 56.0 Å². The van der Waals surface area contributed by atoms with Gasteiger partial charge in [0.1, 0.15) is 11.5 Å². The maximum absolute atomic E-state index is 11.6. The number of furan rings is 1. The van der Waals surface area contributed by atoms with Crippen LogP contribution in [-0.4, -0.2) is 11.6 Å². The molecule has 0 aliphatic carbocycles. The molecule has 100 valence electrons. The number of carbonyl (C=O) groups excluding carboxylic acids is 1. The van der Waals surface area contributed by atoms with Gasteiger partial charge in [-0.15, -0.1) is 0 Å². The number of nitrogens with zero attached hydrogens (tertiary/aromatic N) is 1. The summed E-state index contributed by atoms with van der Waals surface area (Å²) in [7, 11) is 0. The van der Waals surface area contributed by atoms with Gasteiger partial charge in [0, 0.05) is 10.0 Å². The zero-order valence-electron chi connectivity index (χ0n) is 10.7. The summed E-state index contributed by atoms with van der Waals surface area (Å²) in [5.41, 5.74) is 4.59. The molecule has 5 heteroatoms. The number of hydrogen-bond acceptors (Lipinski definition) is 3. The van der Waals surface area contributed by atoms with Crippen LogP contribution >= 0.6 is 15.9 Å². The van der Waals surface area contributed by atoms with Crippen LogP contribution in [-0.2, 0) is 4.79 Å². The topological polar surface area (TPSA) is 54.6 Å². The monoisotopic (exact) mass is 330 g/mol. The molecule has 0 bridgehead atoms. The number of benzene rings is 1. The van der Waals surface area contributed by atoms with Gasteiger partial charge < -0.3 is 4.42 Å². The molecule has 1 aliphatic heterocycles. The molecule has 2 aromatic rings. The predicted molar refractivity (Wildman–Crippen MR) is 81.1 cm³/mol. The number of hydrazone groups is 1. The van der Waals surface area contributed by atoms with E-state index in [-0.39, 0.29) is 5.91 Å². The Balaban J connectivity index is 1.93. The third-order valence-electron chi connectivity index (χ3n) is 2.98. The Morgan fingerprint density at radius 1 is 1.30 bits per heavy atom. The Morgan fingerprint density at radius 2 is 2.15 bits per heavy atom. The van der Waals surface area contributed by atoms with Crippen LogP contribution in [0.4, 0.5) is 0 Å². The van der Waals surface area contributed by atoms with E-state index < -0.39 is 0 Å². The van der Waals surface area contributed by atoms with E-state index in [4.69, 9.17) is 4.42 Å². The van der Waals surface area contributed by atoms with E-state index in [1.807, 2.05) is 36.4 Å². The lowest BCUT2D eigenvalue weighted by Crippen LogP contribution is -2.12. The largest absolute Gasteiger partial charge is 0.457 e. The van der Waals surface area contributed by atoms with E-state index in [1.54, 1.807) is 13.0 Å². The summed E-state index contributed by atoms with van der Waals surface area (Å²) in [5.74, 6) is 1.18. The predicted octanol–water partition coefficient (Wildman–Crippen LogP) is 3.60. The highest BCUT2D eigenvalue weighted by molar-refractivity contribution is 9.10. The average Bonchev–Trinajstić information content (AvgIpc) is 3.01. The third kappa shape index (κ3) is 2.44. The molecule has 0 spiro atoms. The van der Waals surface area contributed by atoms with Gasteiger partial charge in [0.2, 0.25) is 0 Å². The molecule has 4 nitrogen and oxygen atoms in total. The lowest BCUT2D eigenvalue weighted by molar-refractivity contribution is -0.116. The Hall–Kier alpha value is -2.14. The van der Waals surface area contributed by atoms with Crippen LogP contribution in [0.25, 0.3) is 17.4 Å². The minimum Gasteiger partial charge on any atom is -0.457 e. The third-order valence-corrected chi connectivity index (χ3v) is 3.48. The minimum atomic E-state index is -0.206. The van der Waals surface area contributed by atoms with Gasteiger partial charge in [-0.3, -0.25) is 4.79 Å². The zero-order chi connectivity index (χ0) is 14.1.